The van der Waals surface area contributed by atoms with Crippen molar-refractivity contribution < 1.29 is 28.2 Å². The van der Waals surface area contributed by atoms with Crippen LogP contribution in [0, 0.1) is 5.82 Å². The van der Waals surface area contributed by atoms with Crippen molar-refractivity contribution in [1.29, 1.82) is 0 Å². The molecule has 1 unspecified atom stereocenters. The zero-order valence-corrected chi connectivity index (χ0v) is 21.6. The molecular formula is C29H30FN3O5. The highest BCUT2D eigenvalue weighted by Crippen LogP contribution is 2.33. The lowest BCUT2D eigenvalue weighted by molar-refractivity contribution is -0.133. The maximum Gasteiger partial charge on any atom is 0.262 e. The van der Waals surface area contributed by atoms with Crippen LogP contribution in [-0.4, -0.2) is 68.5 Å². The summed E-state index contributed by atoms with van der Waals surface area (Å²) in [6, 6.07) is 19.7. The van der Waals surface area contributed by atoms with Gasteiger partial charge in [-0.1, -0.05) is 12.1 Å². The van der Waals surface area contributed by atoms with E-state index >= 15 is 0 Å². The number of methoxy groups -OCH3 is 3. The molecule has 0 radical (unpaired) electrons. The van der Waals surface area contributed by atoms with Gasteiger partial charge in [0.15, 0.2) is 0 Å². The highest BCUT2D eigenvalue weighted by Gasteiger charge is 2.34. The second kappa shape index (κ2) is 12.3. The summed E-state index contributed by atoms with van der Waals surface area (Å²) in [5, 5.41) is 6.06. The summed E-state index contributed by atoms with van der Waals surface area (Å²) in [6.07, 6.45) is 0.439. The Morgan fingerprint density at radius 2 is 1.53 bits per heavy atom. The molecule has 1 aliphatic heterocycles. The van der Waals surface area contributed by atoms with Crippen LogP contribution in [0.3, 0.4) is 0 Å². The molecular weight excluding hydrogens is 489 g/mol. The summed E-state index contributed by atoms with van der Waals surface area (Å²) < 4.78 is 29.3. The van der Waals surface area contributed by atoms with E-state index in [4.69, 9.17) is 14.2 Å². The van der Waals surface area contributed by atoms with Gasteiger partial charge in [-0.15, -0.1) is 0 Å². The minimum absolute atomic E-state index is 0.203. The smallest absolute Gasteiger partial charge is 0.262 e. The van der Waals surface area contributed by atoms with Crippen LogP contribution < -0.4 is 9.47 Å². The van der Waals surface area contributed by atoms with E-state index in [1.165, 1.54) is 29.2 Å². The highest BCUT2D eigenvalue weighted by atomic mass is 19.1. The van der Waals surface area contributed by atoms with Crippen molar-refractivity contribution in [1.82, 2.24) is 9.91 Å². The Hall–Kier alpha value is -4.24. The zero-order valence-electron chi connectivity index (χ0n) is 21.6. The largest absolute Gasteiger partial charge is 0.497 e. The quantitative estimate of drug-likeness (QED) is 0.399. The summed E-state index contributed by atoms with van der Waals surface area (Å²) in [7, 11) is 4.68. The van der Waals surface area contributed by atoms with Gasteiger partial charge in [0, 0.05) is 25.6 Å². The Morgan fingerprint density at radius 3 is 2.11 bits per heavy atom. The van der Waals surface area contributed by atoms with Crippen LogP contribution in [-0.2, 0) is 9.53 Å². The Kier molecular flexibility index (Phi) is 8.70. The molecule has 4 rings (SSSR count). The first-order valence-corrected chi connectivity index (χ1v) is 12.1. The van der Waals surface area contributed by atoms with E-state index < -0.39 is 6.04 Å². The van der Waals surface area contributed by atoms with Gasteiger partial charge in [0.2, 0.25) is 0 Å². The maximum absolute atomic E-state index is 13.7. The van der Waals surface area contributed by atoms with Crippen molar-refractivity contribution >= 4 is 17.5 Å². The van der Waals surface area contributed by atoms with Crippen LogP contribution in [0.15, 0.2) is 77.9 Å². The maximum atomic E-state index is 13.7. The van der Waals surface area contributed by atoms with E-state index in [1.54, 1.807) is 50.6 Å². The van der Waals surface area contributed by atoms with Gasteiger partial charge in [0.25, 0.3) is 11.8 Å². The van der Waals surface area contributed by atoms with Crippen LogP contribution in [0.2, 0.25) is 0 Å². The molecule has 0 bridgehead atoms. The molecule has 9 heteroatoms. The molecule has 198 valence electrons. The predicted octanol–water partition coefficient (Wildman–Crippen LogP) is 4.31. The second-order valence-corrected chi connectivity index (χ2v) is 8.73. The molecule has 8 nitrogen and oxygen atoms in total. The molecule has 38 heavy (non-hydrogen) atoms. The standard InChI is InChI=1S/C29H30FN3O5/c1-36-17-16-32(29(35)22-8-14-25(38-3)15-9-22)19-28(34)33-27(21-4-10-23(30)11-5-21)18-26(31-33)20-6-12-24(37-2)13-7-20/h4-15,27H,16-19H2,1-3H3. The Balaban J connectivity index is 1.61. The van der Waals surface area contributed by atoms with Crippen LogP contribution in [0.1, 0.15) is 33.9 Å². The second-order valence-electron chi connectivity index (χ2n) is 8.73. The number of rotatable bonds is 10. The molecule has 0 saturated carbocycles. The third-order valence-corrected chi connectivity index (χ3v) is 6.36. The molecule has 0 fully saturated rings. The van der Waals surface area contributed by atoms with Crippen LogP contribution in [0.5, 0.6) is 11.5 Å². The summed E-state index contributed by atoms with van der Waals surface area (Å²) >= 11 is 0. The van der Waals surface area contributed by atoms with E-state index in [-0.39, 0.29) is 37.3 Å². The minimum Gasteiger partial charge on any atom is -0.497 e. The first kappa shape index (κ1) is 26.8. The third-order valence-electron chi connectivity index (χ3n) is 6.36. The Bertz CT molecular complexity index is 1280. The van der Waals surface area contributed by atoms with Gasteiger partial charge in [-0.25, -0.2) is 9.40 Å². The number of halogens is 1. The normalized spacial score (nSPS) is 14.7. The molecule has 1 heterocycles. The topological polar surface area (TPSA) is 80.7 Å². The van der Waals surface area contributed by atoms with Crippen molar-refractivity contribution in [3.05, 3.63) is 95.3 Å². The number of ether oxygens (including phenoxy) is 3. The fraction of sp³-hybridized carbons (Fsp3) is 0.276. The highest BCUT2D eigenvalue weighted by molar-refractivity contribution is 6.03. The number of carbonyl (C=O) groups excluding carboxylic acids is 2. The number of carbonyl (C=O) groups is 2. The van der Waals surface area contributed by atoms with Gasteiger partial charge >= 0.3 is 0 Å². The van der Waals surface area contributed by atoms with Gasteiger partial charge < -0.3 is 19.1 Å². The van der Waals surface area contributed by atoms with Gasteiger partial charge in [-0.05, 0) is 71.8 Å². The first-order valence-electron chi connectivity index (χ1n) is 12.1. The van der Waals surface area contributed by atoms with E-state index in [9.17, 15) is 14.0 Å². The van der Waals surface area contributed by atoms with Crippen molar-refractivity contribution in [3.8, 4) is 11.5 Å². The zero-order chi connectivity index (χ0) is 27.1. The molecule has 0 aliphatic carbocycles. The SMILES string of the molecule is COCCN(CC(=O)N1N=C(c2ccc(OC)cc2)CC1c1ccc(F)cc1)C(=O)c1ccc(OC)cc1. The first-order chi connectivity index (χ1) is 18.4. The lowest BCUT2D eigenvalue weighted by Crippen LogP contribution is -2.42. The lowest BCUT2D eigenvalue weighted by Gasteiger charge is -2.27. The van der Waals surface area contributed by atoms with Crippen molar-refractivity contribution in [2.75, 3.05) is 41.0 Å². The fourth-order valence-corrected chi connectivity index (χ4v) is 4.25. The molecule has 2 amide bonds. The monoisotopic (exact) mass is 519 g/mol. The number of benzene rings is 3. The average molecular weight is 520 g/mol. The van der Waals surface area contributed by atoms with Crippen LogP contribution in [0.4, 0.5) is 4.39 Å². The van der Waals surface area contributed by atoms with Crippen molar-refractivity contribution in [2.24, 2.45) is 5.10 Å². The predicted molar refractivity (Wildman–Crippen MR) is 141 cm³/mol. The average Bonchev–Trinajstić information content (AvgIpc) is 3.41. The lowest BCUT2D eigenvalue weighted by atomic mass is 9.98. The van der Waals surface area contributed by atoms with Crippen LogP contribution in [0.25, 0.3) is 0 Å². The van der Waals surface area contributed by atoms with E-state index in [2.05, 4.69) is 5.10 Å². The van der Waals surface area contributed by atoms with Gasteiger partial charge in [0.05, 0.1) is 32.6 Å². The molecule has 0 saturated heterocycles. The van der Waals surface area contributed by atoms with Gasteiger partial charge in [-0.2, -0.15) is 5.10 Å². The number of hydrogen-bond donors (Lipinski definition) is 0. The fourth-order valence-electron chi connectivity index (χ4n) is 4.25. The molecule has 3 aromatic rings. The molecule has 0 aromatic heterocycles. The Labute approximate surface area is 221 Å². The number of hydrogen-bond acceptors (Lipinski definition) is 6. The number of nitrogens with zero attached hydrogens (tertiary/aromatic N) is 3. The summed E-state index contributed by atoms with van der Waals surface area (Å²) in [4.78, 5) is 28.4. The third kappa shape index (κ3) is 6.18. The minimum atomic E-state index is -0.444. The van der Waals surface area contributed by atoms with Gasteiger partial charge in [0.1, 0.15) is 23.9 Å². The number of hydrazone groups is 1. The van der Waals surface area contributed by atoms with E-state index in [1.807, 2.05) is 24.3 Å². The van der Waals surface area contributed by atoms with E-state index in [0.29, 0.717) is 29.2 Å². The molecule has 1 atom stereocenters. The van der Waals surface area contributed by atoms with E-state index in [0.717, 1.165) is 11.1 Å². The van der Waals surface area contributed by atoms with Gasteiger partial charge in [-0.3, -0.25) is 9.59 Å². The van der Waals surface area contributed by atoms with Crippen molar-refractivity contribution in [3.63, 3.8) is 0 Å². The van der Waals surface area contributed by atoms with Crippen LogP contribution >= 0.6 is 0 Å². The molecule has 3 aromatic carbocycles. The van der Waals surface area contributed by atoms with Crippen molar-refractivity contribution in [2.45, 2.75) is 12.5 Å². The molecule has 0 spiro atoms. The summed E-state index contributed by atoms with van der Waals surface area (Å²) in [5.74, 6) is 0.300. The summed E-state index contributed by atoms with van der Waals surface area (Å²) in [5.41, 5.74) is 2.73. The Morgan fingerprint density at radius 1 is 0.921 bits per heavy atom. The molecule has 1 aliphatic rings. The summed E-state index contributed by atoms with van der Waals surface area (Å²) in [6.45, 7) is 0.277. The molecule has 0 N–H and O–H groups in total. The number of amides is 2.